The number of carbonyl (C=O) groups is 2. The third-order valence-corrected chi connectivity index (χ3v) is 2.86. The van der Waals surface area contributed by atoms with Crippen LogP contribution in [0.1, 0.15) is 31.1 Å². The molecule has 2 amide bonds. The summed E-state index contributed by atoms with van der Waals surface area (Å²) in [5.74, 6) is 0.133. The second kappa shape index (κ2) is 8.14. The zero-order valence-corrected chi connectivity index (χ0v) is 12.8. The van der Waals surface area contributed by atoms with Crippen LogP contribution in [0.25, 0.3) is 0 Å². The molecule has 0 aromatic heterocycles. The molecule has 1 aromatic carbocycles. The third kappa shape index (κ3) is 4.98. The van der Waals surface area contributed by atoms with Crippen molar-refractivity contribution in [1.82, 2.24) is 10.2 Å². The summed E-state index contributed by atoms with van der Waals surface area (Å²) < 4.78 is 5.38. The molecule has 0 fully saturated rings. The van der Waals surface area contributed by atoms with Gasteiger partial charge >= 0.3 is 0 Å². The van der Waals surface area contributed by atoms with Gasteiger partial charge in [0.1, 0.15) is 5.75 Å². The van der Waals surface area contributed by atoms with Gasteiger partial charge in [0, 0.05) is 30.4 Å². The van der Waals surface area contributed by atoms with E-state index in [4.69, 9.17) is 10.5 Å². The molecule has 6 heteroatoms. The van der Waals surface area contributed by atoms with Crippen molar-refractivity contribution in [3.63, 3.8) is 0 Å². The molecule has 0 saturated carbocycles. The molecule has 21 heavy (non-hydrogen) atoms. The molecule has 0 atom stereocenters. The van der Waals surface area contributed by atoms with Gasteiger partial charge in [0.25, 0.3) is 5.91 Å². The maximum atomic E-state index is 12.5. The fraction of sp³-hybridized carbons (Fsp3) is 0.467. The van der Waals surface area contributed by atoms with Crippen molar-refractivity contribution in [2.24, 2.45) is 0 Å². The fourth-order valence-electron chi connectivity index (χ4n) is 1.93. The molecule has 0 heterocycles. The Bertz CT molecular complexity index is 503. The Balaban J connectivity index is 2.91. The van der Waals surface area contributed by atoms with E-state index < -0.39 is 0 Å². The first kappa shape index (κ1) is 16.8. The van der Waals surface area contributed by atoms with Crippen LogP contribution in [-0.4, -0.2) is 43.0 Å². The van der Waals surface area contributed by atoms with E-state index in [0.717, 1.165) is 0 Å². The van der Waals surface area contributed by atoms with Crippen molar-refractivity contribution < 1.29 is 14.3 Å². The monoisotopic (exact) mass is 293 g/mol. The second-order valence-electron chi connectivity index (χ2n) is 4.50. The van der Waals surface area contributed by atoms with Gasteiger partial charge in [-0.3, -0.25) is 9.59 Å². The number of nitrogens with two attached hydrogens (primary N) is 1. The summed E-state index contributed by atoms with van der Waals surface area (Å²) in [4.78, 5) is 25.6. The lowest BCUT2D eigenvalue weighted by molar-refractivity contribution is -0.121. The number of nitrogen functional groups attached to an aromatic ring is 1. The van der Waals surface area contributed by atoms with Gasteiger partial charge in [0.05, 0.1) is 13.2 Å². The summed E-state index contributed by atoms with van der Waals surface area (Å²) in [7, 11) is 0. The number of ether oxygens (including phenoxy) is 1. The minimum atomic E-state index is -0.239. The van der Waals surface area contributed by atoms with Gasteiger partial charge in [-0.05, 0) is 32.9 Å². The van der Waals surface area contributed by atoms with Gasteiger partial charge < -0.3 is 20.7 Å². The lowest BCUT2D eigenvalue weighted by Crippen LogP contribution is -2.40. The number of carbonyl (C=O) groups excluding carboxylic acids is 2. The van der Waals surface area contributed by atoms with E-state index >= 15 is 0 Å². The number of benzene rings is 1. The highest BCUT2D eigenvalue weighted by atomic mass is 16.5. The minimum Gasteiger partial charge on any atom is -0.494 e. The Morgan fingerprint density at radius 2 is 1.95 bits per heavy atom. The summed E-state index contributed by atoms with van der Waals surface area (Å²) in [6.45, 7) is 7.02. The van der Waals surface area contributed by atoms with Crippen molar-refractivity contribution in [1.29, 1.82) is 0 Å². The third-order valence-electron chi connectivity index (χ3n) is 2.86. The van der Waals surface area contributed by atoms with Gasteiger partial charge in [0.2, 0.25) is 5.91 Å². The van der Waals surface area contributed by atoms with Crippen LogP contribution in [0.4, 0.5) is 5.69 Å². The molecule has 0 aliphatic carbocycles. The highest BCUT2D eigenvalue weighted by Crippen LogP contribution is 2.20. The molecule has 1 aromatic rings. The molecule has 3 N–H and O–H groups in total. The Labute approximate surface area is 125 Å². The number of anilines is 1. The van der Waals surface area contributed by atoms with E-state index in [1.54, 1.807) is 18.2 Å². The average molecular weight is 293 g/mol. The molecule has 0 aliphatic heterocycles. The summed E-state index contributed by atoms with van der Waals surface area (Å²) in [6.07, 6.45) is 0. The van der Waals surface area contributed by atoms with Crippen LogP contribution < -0.4 is 15.8 Å². The summed E-state index contributed by atoms with van der Waals surface area (Å²) in [5, 5.41) is 2.68. The Morgan fingerprint density at radius 3 is 2.52 bits per heavy atom. The van der Waals surface area contributed by atoms with E-state index in [1.165, 1.54) is 4.90 Å². The van der Waals surface area contributed by atoms with Crippen LogP contribution in [0.15, 0.2) is 18.2 Å². The first-order valence-corrected chi connectivity index (χ1v) is 7.11. The van der Waals surface area contributed by atoms with Crippen molar-refractivity contribution >= 4 is 17.5 Å². The van der Waals surface area contributed by atoms with E-state index in [0.29, 0.717) is 36.7 Å². The molecule has 0 saturated heterocycles. The number of hydrogen-bond donors (Lipinski definition) is 2. The highest BCUT2D eigenvalue weighted by molar-refractivity contribution is 5.97. The number of hydrogen-bond acceptors (Lipinski definition) is 4. The second-order valence-corrected chi connectivity index (χ2v) is 4.50. The van der Waals surface area contributed by atoms with Crippen molar-refractivity contribution in [2.45, 2.75) is 20.8 Å². The number of nitrogens with one attached hydrogen (secondary N) is 1. The molecule has 0 aliphatic rings. The average Bonchev–Trinajstić information content (AvgIpc) is 2.44. The maximum absolute atomic E-state index is 12.5. The van der Waals surface area contributed by atoms with Crippen LogP contribution in [0.3, 0.4) is 0 Å². The lowest BCUT2D eigenvalue weighted by atomic mass is 10.1. The van der Waals surface area contributed by atoms with Gasteiger partial charge in [0.15, 0.2) is 0 Å². The number of likely N-dealkylation sites (N-methyl/N-ethyl adjacent to an activating group) is 2. The van der Waals surface area contributed by atoms with Gasteiger partial charge in [-0.25, -0.2) is 0 Å². The van der Waals surface area contributed by atoms with Crippen LogP contribution >= 0.6 is 0 Å². The van der Waals surface area contributed by atoms with E-state index in [1.807, 2.05) is 20.8 Å². The highest BCUT2D eigenvalue weighted by Gasteiger charge is 2.18. The first-order valence-electron chi connectivity index (χ1n) is 7.11. The minimum absolute atomic E-state index is 0.0297. The predicted octanol–water partition coefficient (Wildman–Crippen LogP) is 1.27. The molecular formula is C15H23N3O3. The summed E-state index contributed by atoms with van der Waals surface area (Å²) >= 11 is 0. The van der Waals surface area contributed by atoms with Crippen LogP contribution in [0.5, 0.6) is 5.75 Å². The first-order chi connectivity index (χ1) is 10.0. The smallest absolute Gasteiger partial charge is 0.254 e. The number of amides is 2. The zero-order valence-electron chi connectivity index (χ0n) is 12.8. The quantitative estimate of drug-likeness (QED) is 0.741. The number of rotatable bonds is 7. The van der Waals surface area contributed by atoms with Crippen molar-refractivity contribution in [3.05, 3.63) is 23.8 Å². The van der Waals surface area contributed by atoms with Crippen LogP contribution in [0.2, 0.25) is 0 Å². The maximum Gasteiger partial charge on any atom is 0.254 e. The molecule has 0 bridgehead atoms. The zero-order chi connectivity index (χ0) is 15.8. The van der Waals surface area contributed by atoms with Crippen LogP contribution in [0, 0.1) is 0 Å². The lowest BCUT2D eigenvalue weighted by Gasteiger charge is -2.20. The van der Waals surface area contributed by atoms with E-state index in [9.17, 15) is 9.59 Å². The van der Waals surface area contributed by atoms with Gasteiger partial charge in [-0.15, -0.1) is 0 Å². The Morgan fingerprint density at radius 1 is 1.24 bits per heavy atom. The predicted molar refractivity (Wildman–Crippen MR) is 82.3 cm³/mol. The summed E-state index contributed by atoms with van der Waals surface area (Å²) in [5.41, 5.74) is 6.67. The van der Waals surface area contributed by atoms with Gasteiger partial charge in [-0.1, -0.05) is 0 Å². The van der Waals surface area contributed by atoms with Crippen molar-refractivity contribution in [3.8, 4) is 5.75 Å². The molecule has 0 radical (unpaired) electrons. The molecule has 0 unspecified atom stereocenters. The molecule has 116 valence electrons. The SMILES string of the molecule is CCNC(=O)CN(CC)C(=O)c1cc(N)cc(OCC)c1. The molecular weight excluding hydrogens is 270 g/mol. The molecule has 0 spiro atoms. The topological polar surface area (TPSA) is 84.7 Å². The fourth-order valence-corrected chi connectivity index (χ4v) is 1.93. The number of nitrogens with zero attached hydrogens (tertiary/aromatic N) is 1. The summed E-state index contributed by atoms with van der Waals surface area (Å²) in [6, 6.07) is 4.90. The normalized spacial score (nSPS) is 10.0. The standard InChI is InChI=1S/C15H23N3O3/c1-4-17-14(19)10-18(5-2)15(20)11-7-12(16)9-13(8-11)21-6-3/h7-9H,4-6,10,16H2,1-3H3,(H,17,19). The van der Waals surface area contributed by atoms with Crippen LogP contribution in [-0.2, 0) is 4.79 Å². The largest absolute Gasteiger partial charge is 0.494 e. The molecule has 1 rings (SSSR count). The van der Waals surface area contributed by atoms with E-state index in [2.05, 4.69) is 5.32 Å². The van der Waals surface area contributed by atoms with Crippen molar-refractivity contribution in [2.75, 3.05) is 32.0 Å². The Hall–Kier alpha value is -2.24. The van der Waals surface area contributed by atoms with E-state index in [-0.39, 0.29) is 18.4 Å². The Kier molecular flexibility index (Phi) is 6.52. The van der Waals surface area contributed by atoms with Gasteiger partial charge in [-0.2, -0.15) is 0 Å². The molecule has 6 nitrogen and oxygen atoms in total.